The lowest BCUT2D eigenvalue weighted by Crippen LogP contribution is -2.14. The molecule has 2 rings (SSSR count). The van der Waals surface area contributed by atoms with Gasteiger partial charge in [0.05, 0.1) is 17.6 Å². The number of anilines is 1. The van der Waals surface area contributed by atoms with E-state index in [0.29, 0.717) is 10.7 Å². The van der Waals surface area contributed by atoms with Gasteiger partial charge in [-0.15, -0.1) is 0 Å². The van der Waals surface area contributed by atoms with Crippen LogP contribution in [0.4, 0.5) is 11.4 Å². The fourth-order valence-corrected chi connectivity index (χ4v) is 2.27. The van der Waals surface area contributed by atoms with Crippen LogP contribution in [0, 0.1) is 17.0 Å². The summed E-state index contributed by atoms with van der Waals surface area (Å²) in [6.07, 6.45) is 0. The highest BCUT2D eigenvalue weighted by Crippen LogP contribution is 2.22. The third kappa shape index (κ3) is 3.88. The number of nitrogens with zero attached hydrogens (tertiary/aromatic N) is 1. The van der Waals surface area contributed by atoms with Crippen molar-refractivity contribution in [2.45, 2.75) is 6.92 Å². The fourth-order valence-electron chi connectivity index (χ4n) is 2.05. The molecular formula is C16H13ClN2O5. The molecule has 0 bridgehead atoms. The Morgan fingerprint density at radius 3 is 2.42 bits per heavy atom. The number of ether oxygens (including phenoxy) is 1. The first kappa shape index (κ1) is 17.4. The smallest absolute Gasteiger partial charge is 0.338 e. The Balaban J connectivity index is 2.39. The molecule has 7 nitrogen and oxygen atoms in total. The molecule has 2 aromatic carbocycles. The topological polar surface area (TPSA) is 98.5 Å². The van der Waals surface area contributed by atoms with Gasteiger partial charge >= 0.3 is 5.97 Å². The lowest BCUT2D eigenvalue weighted by molar-refractivity contribution is -0.384. The number of nitro groups is 1. The number of carbonyl (C=O) groups is 2. The lowest BCUT2D eigenvalue weighted by Gasteiger charge is -2.09. The maximum atomic E-state index is 12.4. The summed E-state index contributed by atoms with van der Waals surface area (Å²) in [6.45, 7) is 1.76. The quantitative estimate of drug-likeness (QED) is 0.517. The predicted molar refractivity (Wildman–Crippen MR) is 88.6 cm³/mol. The average Bonchev–Trinajstić information content (AvgIpc) is 2.56. The number of aryl methyl sites for hydroxylation is 1. The summed E-state index contributed by atoms with van der Waals surface area (Å²) >= 11 is 5.86. The second-order valence-electron chi connectivity index (χ2n) is 4.93. The SMILES string of the molecule is COC(=O)c1cc(C(=O)Nc2ccc(Cl)cc2C)cc([N+](=O)[O-])c1. The Hall–Kier alpha value is -2.93. The van der Waals surface area contributed by atoms with E-state index in [0.717, 1.165) is 24.8 Å². The van der Waals surface area contributed by atoms with Gasteiger partial charge in [0.1, 0.15) is 0 Å². The summed E-state index contributed by atoms with van der Waals surface area (Å²) in [6, 6.07) is 8.28. The summed E-state index contributed by atoms with van der Waals surface area (Å²) in [5.74, 6) is -1.36. The van der Waals surface area contributed by atoms with E-state index in [1.807, 2.05) is 0 Å². The first-order valence-corrected chi connectivity index (χ1v) is 7.15. The standard InChI is InChI=1S/C16H13ClN2O5/c1-9-5-12(17)3-4-14(9)18-15(20)10-6-11(16(21)24-2)8-13(7-10)19(22)23/h3-8H,1-2H3,(H,18,20). The van der Waals surface area contributed by atoms with Gasteiger partial charge in [-0.3, -0.25) is 14.9 Å². The second-order valence-corrected chi connectivity index (χ2v) is 5.37. The van der Waals surface area contributed by atoms with Crippen molar-refractivity contribution >= 4 is 34.9 Å². The molecule has 1 amide bonds. The van der Waals surface area contributed by atoms with Crippen LogP contribution in [0.25, 0.3) is 0 Å². The molecule has 8 heteroatoms. The molecule has 0 atom stereocenters. The van der Waals surface area contributed by atoms with Gasteiger partial charge in [-0.2, -0.15) is 0 Å². The van der Waals surface area contributed by atoms with Gasteiger partial charge in [0.25, 0.3) is 11.6 Å². The lowest BCUT2D eigenvalue weighted by atomic mass is 10.1. The summed E-state index contributed by atoms with van der Waals surface area (Å²) < 4.78 is 4.55. The van der Waals surface area contributed by atoms with Gasteiger partial charge in [-0.25, -0.2) is 4.79 Å². The van der Waals surface area contributed by atoms with Crippen LogP contribution in [-0.2, 0) is 4.74 Å². The molecule has 24 heavy (non-hydrogen) atoms. The number of methoxy groups -OCH3 is 1. The third-order valence-electron chi connectivity index (χ3n) is 3.25. The Kier molecular flexibility index (Phi) is 5.15. The number of benzene rings is 2. The largest absolute Gasteiger partial charge is 0.465 e. The van der Waals surface area contributed by atoms with Crippen molar-refractivity contribution < 1.29 is 19.2 Å². The van der Waals surface area contributed by atoms with E-state index in [1.54, 1.807) is 25.1 Å². The Morgan fingerprint density at radius 2 is 1.83 bits per heavy atom. The Bertz CT molecular complexity index is 835. The number of carbonyl (C=O) groups excluding carboxylic acids is 2. The fraction of sp³-hybridized carbons (Fsp3) is 0.125. The maximum absolute atomic E-state index is 12.4. The molecule has 0 aliphatic carbocycles. The van der Waals surface area contributed by atoms with Crippen LogP contribution >= 0.6 is 11.6 Å². The van der Waals surface area contributed by atoms with Crippen molar-refractivity contribution in [1.82, 2.24) is 0 Å². The number of non-ortho nitro benzene ring substituents is 1. The molecule has 0 aliphatic heterocycles. The van der Waals surface area contributed by atoms with Crippen LogP contribution in [0.3, 0.4) is 0 Å². The van der Waals surface area contributed by atoms with Gasteiger partial charge in [0.2, 0.25) is 0 Å². The van der Waals surface area contributed by atoms with E-state index in [1.165, 1.54) is 6.07 Å². The molecule has 0 saturated carbocycles. The molecule has 0 spiro atoms. The van der Waals surface area contributed by atoms with Crippen LogP contribution in [-0.4, -0.2) is 23.9 Å². The zero-order valence-electron chi connectivity index (χ0n) is 12.8. The number of rotatable bonds is 4. The number of nitrogens with one attached hydrogen (secondary N) is 1. The van der Waals surface area contributed by atoms with Crippen LogP contribution in [0.15, 0.2) is 36.4 Å². The van der Waals surface area contributed by atoms with Crippen molar-refractivity contribution in [2.24, 2.45) is 0 Å². The summed E-state index contributed by atoms with van der Waals surface area (Å²) in [7, 11) is 1.15. The van der Waals surface area contributed by atoms with Crippen LogP contribution in [0.1, 0.15) is 26.3 Å². The zero-order valence-corrected chi connectivity index (χ0v) is 13.6. The van der Waals surface area contributed by atoms with Gasteiger partial charge in [0.15, 0.2) is 0 Å². The molecule has 1 N–H and O–H groups in total. The van der Waals surface area contributed by atoms with Gasteiger partial charge in [0, 0.05) is 28.4 Å². The molecule has 0 aromatic heterocycles. The molecule has 2 aromatic rings. The zero-order chi connectivity index (χ0) is 17.9. The van der Waals surface area contributed by atoms with Crippen molar-refractivity contribution in [3.63, 3.8) is 0 Å². The minimum atomic E-state index is -0.768. The average molecular weight is 349 g/mol. The number of amides is 1. The molecular weight excluding hydrogens is 336 g/mol. The van der Waals surface area contributed by atoms with Gasteiger partial charge < -0.3 is 10.1 Å². The van der Waals surface area contributed by atoms with Crippen molar-refractivity contribution in [2.75, 3.05) is 12.4 Å². The van der Waals surface area contributed by atoms with Crippen molar-refractivity contribution in [3.8, 4) is 0 Å². The van der Waals surface area contributed by atoms with Crippen LogP contribution < -0.4 is 5.32 Å². The highest BCUT2D eigenvalue weighted by molar-refractivity contribution is 6.30. The van der Waals surface area contributed by atoms with E-state index < -0.39 is 16.8 Å². The summed E-state index contributed by atoms with van der Waals surface area (Å²) in [4.78, 5) is 34.3. The molecule has 0 unspecified atom stereocenters. The van der Waals surface area contributed by atoms with E-state index in [9.17, 15) is 19.7 Å². The Labute approximate surface area is 142 Å². The molecule has 0 radical (unpaired) electrons. The summed E-state index contributed by atoms with van der Waals surface area (Å²) in [5.41, 5.74) is 0.754. The van der Waals surface area contributed by atoms with Crippen molar-refractivity contribution in [3.05, 3.63) is 68.2 Å². The van der Waals surface area contributed by atoms with E-state index in [4.69, 9.17) is 11.6 Å². The van der Waals surface area contributed by atoms with Crippen molar-refractivity contribution in [1.29, 1.82) is 0 Å². The molecule has 0 fully saturated rings. The molecule has 0 heterocycles. The van der Waals surface area contributed by atoms with Gasteiger partial charge in [-0.05, 0) is 36.8 Å². The maximum Gasteiger partial charge on any atom is 0.338 e. The second kappa shape index (κ2) is 7.10. The van der Waals surface area contributed by atoms with E-state index in [-0.39, 0.29) is 16.8 Å². The van der Waals surface area contributed by atoms with E-state index in [2.05, 4.69) is 10.1 Å². The molecule has 0 aliphatic rings. The first-order valence-electron chi connectivity index (χ1n) is 6.77. The predicted octanol–water partition coefficient (Wildman–Crippen LogP) is 3.60. The summed E-state index contributed by atoms with van der Waals surface area (Å²) in [5, 5.41) is 14.1. The normalized spacial score (nSPS) is 10.1. The highest BCUT2D eigenvalue weighted by Gasteiger charge is 2.18. The molecule has 124 valence electrons. The Morgan fingerprint density at radius 1 is 1.17 bits per heavy atom. The number of nitro benzene ring substituents is 1. The van der Waals surface area contributed by atoms with E-state index >= 15 is 0 Å². The monoisotopic (exact) mass is 348 g/mol. The number of hydrogen-bond acceptors (Lipinski definition) is 5. The number of hydrogen-bond donors (Lipinski definition) is 1. The minimum absolute atomic E-state index is 0.0287. The number of halogens is 1. The van der Waals surface area contributed by atoms with Gasteiger partial charge in [-0.1, -0.05) is 11.6 Å². The van der Waals surface area contributed by atoms with Crippen LogP contribution in [0.5, 0.6) is 0 Å². The van der Waals surface area contributed by atoms with Crippen LogP contribution in [0.2, 0.25) is 5.02 Å². The molecule has 0 saturated heterocycles. The minimum Gasteiger partial charge on any atom is -0.465 e. The highest BCUT2D eigenvalue weighted by atomic mass is 35.5. The third-order valence-corrected chi connectivity index (χ3v) is 3.48. The first-order chi connectivity index (χ1) is 11.3. The number of esters is 1.